The van der Waals surface area contributed by atoms with E-state index in [0.717, 1.165) is 19.2 Å². The molecule has 1 fully saturated rings. The smallest absolute Gasteiger partial charge is 0.178 e. The highest BCUT2D eigenvalue weighted by atomic mass is 32.1. The van der Waals surface area contributed by atoms with E-state index in [0.29, 0.717) is 22.9 Å². The summed E-state index contributed by atoms with van der Waals surface area (Å²) in [6, 6.07) is 2.52. The van der Waals surface area contributed by atoms with Gasteiger partial charge in [-0.15, -0.1) is 0 Å². The second kappa shape index (κ2) is 5.85. The van der Waals surface area contributed by atoms with Crippen molar-refractivity contribution in [2.24, 2.45) is 0 Å². The number of nitrogens with zero attached hydrogens (tertiary/aromatic N) is 2. The first-order valence-electron chi connectivity index (χ1n) is 7.38. The standard InChI is InChI=1S/C15H19F2N3S/c1-10(19-5-3-2-4-6-19)9-20-13-8-11(16)7-12(17)14(13)18-15(20)21/h7-8,10H,2-6,9H2,1H3,(H,18,21). The molecule has 1 aromatic heterocycles. The van der Waals surface area contributed by atoms with Crippen molar-refractivity contribution in [2.45, 2.75) is 38.8 Å². The Morgan fingerprint density at radius 3 is 2.67 bits per heavy atom. The maximum absolute atomic E-state index is 13.8. The molecule has 3 rings (SSSR count). The van der Waals surface area contributed by atoms with Gasteiger partial charge in [-0.25, -0.2) is 8.78 Å². The normalized spacial score (nSPS) is 18.2. The Labute approximate surface area is 127 Å². The SMILES string of the molecule is CC(Cn1c(=S)[nH]c2c(F)cc(F)cc21)N1CCCCC1. The number of imidazole rings is 1. The molecular weight excluding hydrogens is 292 g/mol. The zero-order valence-corrected chi connectivity index (χ0v) is 12.8. The average molecular weight is 311 g/mol. The molecular formula is C15H19F2N3S. The molecule has 2 aromatic rings. The third-order valence-corrected chi connectivity index (χ3v) is 4.59. The average Bonchev–Trinajstić information content (AvgIpc) is 2.77. The Kier molecular flexibility index (Phi) is 4.08. The number of halogens is 2. The lowest BCUT2D eigenvalue weighted by Crippen LogP contribution is -2.39. The van der Waals surface area contributed by atoms with Crippen LogP contribution in [0.25, 0.3) is 11.0 Å². The number of fused-ring (bicyclic) bond motifs is 1. The third kappa shape index (κ3) is 2.87. The molecule has 0 bridgehead atoms. The summed E-state index contributed by atoms with van der Waals surface area (Å²) in [6.07, 6.45) is 3.71. The van der Waals surface area contributed by atoms with E-state index in [1.54, 1.807) is 4.57 Å². The Bertz CT molecular complexity index is 701. The van der Waals surface area contributed by atoms with Crippen LogP contribution in [0.4, 0.5) is 8.78 Å². The Hall–Kier alpha value is -1.27. The summed E-state index contributed by atoms with van der Waals surface area (Å²) in [6.45, 7) is 4.95. The summed E-state index contributed by atoms with van der Waals surface area (Å²) in [5, 5.41) is 0. The lowest BCUT2D eigenvalue weighted by Gasteiger charge is -2.32. The minimum Gasteiger partial charge on any atom is -0.328 e. The van der Waals surface area contributed by atoms with Crippen LogP contribution in [0.15, 0.2) is 12.1 Å². The Morgan fingerprint density at radius 2 is 1.95 bits per heavy atom. The lowest BCUT2D eigenvalue weighted by molar-refractivity contribution is 0.160. The number of hydrogen-bond donors (Lipinski definition) is 1. The fraction of sp³-hybridized carbons (Fsp3) is 0.533. The zero-order valence-electron chi connectivity index (χ0n) is 12.0. The molecule has 6 heteroatoms. The van der Waals surface area contributed by atoms with Gasteiger partial charge in [-0.05, 0) is 51.1 Å². The van der Waals surface area contributed by atoms with Gasteiger partial charge >= 0.3 is 0 Å². The van der Waals surface area contributed by atoms with Gasteiger partial charge in [-0.2, -0.15) is 0 Å². The lowest BCUT2D eigenvalue weighted by atomic mass is 10.1. The van der Waals surface area contributed by atoms with Gasteiger partial charge < -0.3 is 9.55 Å². The van der Waals surface area contributed by atoms with Gasteiger partial charge in [0.15, 0.2) is 10.6 Å². The third-order valence-electron chi connectivity index (χ3n) is 4.26. The highest BCUT2D eigenvalue weighted by Gasteiger charge is 2.19. The molecule has 1 unspecified atom stereocenters. The first kappa shape index (κ1) is 14.7. The number of aromatic nitrogens is 2. The first-order valence-corrected chi connectivity index (χ1v) is 7.78. The highest BCUT2D eigenvalue weighted by molar-refractivity contribution is 7.71. The summed E-state index contributed by atoms with van der Waals surface area (Å²) in [4.78, 5) is 5.26. The first-order chi connectivity index (χ1) is 10.1. The van der Waals surface area contributed by atoms with Crippen LogP contribution < -0.4 is 0 Å². The summed E-state index contributed by atoms with van der Waals surface area (Å²) in [5.41, 5.74) is 0.786. The van der Waals surface area contributed by atoms with Gasteiger partial charge in [0, 0.05) is 18.7 Å². The molecule has 0 amide bonds. The molecule has 114 valence electrons. The molecule has 1 N–H and O–H groups in total. The van der Waals surface area contributed by atoms with Gasteiger partial charge in [0.1, 0.15) is 11.3 Å². The Morgan fingerprint density at radius 1 is 1.24 bits per heavy atom. The van der Waals surface area contributed by atoms with E-state index in [-0.39, 0.29) is 5.52 Å². The second-order valence-corrected chi connectivity index (χ2v) is 6.15. The predicted octanol–water partition coefficient (Wildman–Crippen LogP) is 3.85. The van der Waals surface area contributed by atoms with Crippen molar-refractivity contribution in [3.8, 4) is 0 Å². The van der Waals surface area contributed by atoms with Crippen LogP contribution in [-0.4, -0.2) is 33.6 Å². The van der Waals surface area contributed by atoms with Crippen molar-refractivity contribution < 1.29 is 8.78 Å². The summed E-state index contributed by atoms with van der Waals surface area (Å²) in [5.74, 6) is -1.17. The fourth-order valence-electron chi connectivity index (χ4n) is 3.10. The molecule has 0 aliphatic carbocycles. The van der Waals surface area contributed by atoms with Crippen molar-refractivity contribution >= 4 is 23.3 Å². The number of nitrogens with one attached hydrogen (secondary N) is 1. The number of benzene rings is 1. The quantitative estimate of drug-likeness (QED) is 0.871. The minimum absolute atomic E-state index is 0.284. The number of piperidine rings is 1. The summed E-state index contributed by atoms with van der Waals surface area (Å²) < 4.78 is 29.5. The van der Waals surface area contributed by atoms with Crippen molar-refractivity contribution in [3.63, 3.8) is 0 Å². The van der Waals surface area contributed by atoms with E-state index in [2.05, 4.69) is 16.8 Å². The molecule has 1 atom stereocenters. The van der Waals surface area contributed by atoms with E-state index in [9.17, 15) is 8.78 Å². The van der Waals surface area contributed by atoms with Crippen LogP contribution in [0.5, 0.6) is 0 Å². The van der Waals surface area contributed by atoms with E-state index in [1.165, 1.54) is 25.3 Å². The van der Waals surface area contributed by atoms with Crippen LogP contribution in [0.1, 0.15) is 26.2 Å². The largest absolute Gasteiger partial charge is 0.328 e. The van der Waals surface area contributed by atoms with E-state index in [1.807, 2.05) is 0 Å². The topological polar surface area (TPSA) is 24.0 Å². The molecule has 1 aliphatic rings. The molecule has 0 spiro atoms. The van der Waals surface area contributed by atoms with Gasteiger partial charge in [0.2, 0.25) is 0 Å². The number of hydrogen-bond acceptors (Lipinski definition) is 2. The number of rotatable bonds is 3. The summed E-state index contributed by atoms with van der Waals surface area (Å²) in [7, 11) is 0. The molecule has 0 radical (unpaired) electrons. The minimum atomic E-state index is -0.597. The number of likely N-dealkylation sites (tertiary alicyclic amines) is 1. The summed E-state index contributed by atoms with van der Waals surface area (Å²) >= 11 is 5.28. The van der Waals surface area contributed by atoms with Crippen LogP contribution in [-0.2, 0) is 6.54 Å². The van der Waals surface area contributed by atoms with Crippen LogP contribution in [0, 0.1) is 16.4 Å². The van der Waals surface area contributed by atoms with Gasteiger partial charge in [0.25, 0.3) is 0 Å². The van der Waals surface area contributed by atoms with Crippen molar-refractivity contribution in [1.82, 2.24) is 14.5 Å². The van der Waals surface area contributed by atoms with Gasteiger partial charge in [0.05, 0.1) is 5.52 Å². The second-order valence-electron chi connectivity index (χ2n) is 5.77. The molecule has 2 heterocycles. The fourth-order valence-corrected chi connectivity index (χ4v) is 3.38. The van der Waals surface area contributed by atoms with Crippen LogP contribution in [0.2, 0.25) is 0 Å². The van der Waals surface area contributed by atoms with Crippen molar-refractivity contribution in [3.05, 3.63) is 28.5 Å². The Balaban J connectivity index is 1.93. The van der Waals surface area contributed by atoms with Gasteiger partial charge in [-0.1, -0.05) is 6.42 Å². The van der Waals surface area contributed by atoms with Crippen molar-refractivity contribution in [2.75, 3.05) is 13.1 Å². The molecule has 0 saturated carbocycles. The van der Waals surface area contributed by atoms with E-state index < -0.39 is 11.6 Å². The van der Waals surface area contributed by atoms with Gasteiger partial charge in [-0.3, -0.25) is 4.90 Å². The maximum Gasteiger partial charge on any atom is 0.178 e. The highest BCUT2D eigenvalue weighted by Crippen LogP contribution is 2.21. The van der Waals surface area contributed by atoms with E-state index >= 15 is 0 Å². The van der Waals surface area contributed by atoms with Crippen molar-refractivity contribution in [1.29, 1.82) is 0 Å². The van der Waals surface area contributed by atoms with Crippen LogP contribution >= 0.6 is 12.2 Å². The van der Waals surface area contributed by atoms with E-state index in [4.69, 9.17) is 12.2 Å². The molecule has 1 aromatic carbocycles. The number of aromatic amines is 1. The molecule has 1 aliphatic heterocycles. The zero-order chi connectivity index (χ0) is 15.0. The maximum atomic E-state index is 13.8. The molecule has 3 nitrogen and oxygen atoms in total. The predicted molar refractivity (Wildman–Crippen MR) is 81.9 cm³/mol. The molecule has 1 saturated heterocycles. The monoisotopic (exact) mass is 311 g/mol. The molecule has 21 heavy (non-hydrogen) atoms. The number of H-pyrrole nitrogens is 1. The van der Waals surface area contributed by atoms with Crippen LogP contribution in [0.3, 0.4) is 0 Å².